The standard InChI is InChI=1S/C28H32Cl2N4O4S/c1-18-22(29)4-3-5-26(18)39(35,36)33-28-25(15-21-8-11-31-27(21)32-28)38-17-20-6-7-23(30)24(14-20)37-16-19-9-12-34(2)13-10-19/h3-7,14-15,19H,8-13,16-17H2,1-2H3,(H2,31,32,33). The van der Waals surface area contributed by atoms with Gasteiger partial charge < -0.3 is 19.7 Å². The van der Waals surface area contributed by atoms with Crippen molar-refractivity contribution in [2.24, 2.45) is 5.92 Å². The second kappa shape index (κ2) is 11.8. The Morgan fingerprint density at radius 3 is 2.67 bits per heavy atom. The van der Waals surface area contributed by atoms with Crippen molar-refractivity contribution in [1.29, 1.82) is 0 Å². The second-order valence-corrected chi connectivity index (χ2v) is 12.6. The van der Waals surface area contributed by atoms with Gasteiger partial charge in [-0.15, -0.1) is 0 Å². The molecule has 1 fully saturated rings. The molecule has 3 heterocycles. The van der Waals surface area contributed by atoms with E-state index in [1.807, 2.05) is 18.2 Å². The Balaban J connectivity index is 1.33. The number of piperidine rings is 1. The molecule has 1 aromatic heterocycles. The van der Waals surface area contributed by atoms with Crippen molar-refractivity contribution in [2.45, 2.75) is 37.7 Å². The Kier molecular flexibility index (Phi) is 8.42. The number of likely N-dealkylation sites (tertiary alicyclic amines) is 1. The van der Waals surface area contributed by atoms with Crippen molar-refractivity contribution in [3.8, 4) is 11.5 Å². The van der Waals surface area contributed by atoms with E-state index in [4.69, 9.17) is 32.7 Å². The number of fused-ring (bicyclic) bond motifs is 1. The lowest BCUT2D eigenvalue weighted by molar-refractivity contribution is 0.160. The lowest BCUT2D eigenvalue weighted by Gasteiger charge is -2.28. The smallest absolute Gasteiger partial charge is 0.263 e. The van der Waals surface area contributed by atoms with Crippen LogP contribution in [0.2, 0.25) is 10.0 Å². The van der Waals surface area contributed by atoms with Crippen molar-refractivity contribution in [3.05, 3.63) is 69.2 Å². The Morgan fingerprint density at radius 2 is 1.87 bits per heavy atom. The number of ether oxygens (including phenoxy) is 2. The van der Waals surface area contributed by atoms with Crippen molar-refractivity contribution >= 4 is 44.9 Å². The number of halogens is 2. The zero-order valence-corrected chi connectivity index (χ0v) is 24.3. The van der Waals surface area contributed by atoms with Gasteiger partial charge in [-0.1, -0.05) is 35.3 Å². The van der Waals surface area contributed by atoms with Crippen LogP contribution < -0.4 is 19.5 Å². The number of hydrogen-bond donors (Lipinski definition) is 2. The Morgan fingerprint density at radius 1 is 1.08 bits per heavy atom. The summed E-state index contributed by atoms with van der Waals surface area (Å²) >= 11 is 12.6. The number of aromatic nitrogens is 1. The molecular weight excluding hydrogens is 559 g/mol. The zero-order valence-electron chi connectivity index (χ0n) is 22.0. The first kappa shape index (κ1) is 27.8. The minimum Gasteiger partial charge on any atom is -0.492 e. The molecule has 5 rings (SSSR count). The molecule has 0 unspecified atom stereocenters. The van der Waals surface area contributed by atoms with Gasteiger partial charge in [0, 0.05) is 17.1 Å². The summed E-state index contributed by atoms with van der Waals surface area (Å²) in [5, 5.41) is 4.10. The first-order valence-corrected chi connectivity index (χ1v) is 15.2. The van der Waals surface area contributed by atoms with Gasteiger partial charge in [-0.3, -0.25) is 4.72 Å². The SMILES string of the molecule is Cc1c(Cl)cccc1S(=O)(=O)Nc1nc2c(cc1OCc1ccc(Cl)c(OCC3CCN(C)CC3)c1)CCN2. The Labute approximate surface area is 239 Å². The molecule has 2 N–H and O–H groups in total. The highest BCUT2D eigenvalue weighted by Gasteiger charge is 2.24. The maximum atomic E-state index is 13.3. The predicted molar refractivity (Wildman–Crippen MR) is 155 cm³/mol. The summed E-state index contributed by atoms with van der Waals surface area (Å²) in [5.41, 5.74) is 2.27. The number of hydrogen-bond acceptors (Lipinski definition) is 7. The van der Waals surface area contributed by atoms with Crippen LogP contribution in [-0.4, -0.2) is 51.6 Å². The number of pyridine rings is 1. The van der Waals surface area contributed by atoms with Gasteiger partial charge in [-0.05, 0) is 93.7 Å². The van der Waals surface area contributed by atoms with E-state index in [1.165, 1.54) is 6.07 Å². The van der Waals surface area contributed by atoms with Gasteiger partial charge in [0.1, 0.15) is 18.2 Å². The highest BCUT2D eigenvalue weighted by Crippen LogP contribution is 2.35. The Hall–Kier alpha value is -2.72. The summed E-state index contributed by atoms with van der Waals surface area (Å²) in [7, 11) is -1.83. The molecule has 0 amide bonds. The molecule has 2 aliphatic heterocycles. The summed E-state index contributed by atoms with van der Waals surface area (Å²) in [6.07, 6.45) is 2.98. The van der Waals surface area contributed by atoms with Gasteiger partial charge in [-0.2, -0.15) is 0 Å². The molecular formula is C28H32Cl2N4O4S. The topological polar surface area (TPSA) is 92.8 Å². The average Bonchev–Trinajstić information content (AvgIpc) is 3.36. The van der Waals surface area contributed by atoms with Crippen LogP contribution in [0.3, 0.4) is 0 Å². The van der Waals surface area contributed by atoms with Crippen LogP contribution in [-0.2, 0) is 23.1 Å². The third-order valence-corrected chi connectivity index (χ3v) is 9.40. The Bertz CT molecular complexity index is 1460. The number of rotatable bonds is 9. The quantitative estimate of drug-likeness (QED) is 0.327. The molecule has 0 atom stereocenters. The summed E-state index contributed by atoms with van der Waals surface area (Å²) in [4.78, 5) is 6.95. The molecule has 208 valence electrons. The number of nitrogens with one attached hydrogen (secondary N) is 2. The van der Waals surface area contributed by atoms with Gasteiger partial charge in [0.25, 0.3) is 10.0 Å². The van der Waals surface area contributed by atoms with Gasteiger partial charge >= 0.3 is 0 Å². The van der Waals surface area contributed by atoms with E-state index in [2.05, 4.69) is 27.0 Å². The second-order valence-electron chi connectivity index (χ2n) is 10.1. The minimum absolute atomic E-state index is 0.0836. The fourth-order valence-corrected chi connectivity index (χ4v) is 6.47. The molecule has 8 nitrogen and oxygen atoms in total. The molecule has 1 saturated heterocycles. The normalized spacial score (nSPS) is 16.0. The average molecular weight is 592 g/mol. The van der Waals surface area contributed by atoms with E-state index in [0.717, 1.165) is 50.0 Å². The summed E-state index contributed by atoms with van der Waals surface area (Å²) in [6, 6.07) is 12.1. The van der Waals surface area contributed by atoms with Gasteiger partial charge in [0.05, 0.1) is 16.5 Å². The number of benzene rings is 2. The molecule has 3 aromatic rings. The molecule has 0 bridgehead atoms. The van der Waals surface area contributed by atoms with Gasteiger partial charge in [0.2, 0.25) is 0 Å². The minimum atomic E-state index is -3.97. The molecule has 2 aliphatic rings. The van der Waals surface area contributed by atoms with Crippen molar-refractivity contribution in [2.75, 3.05) is 43.3 Å². The van der Waals surface area contributed by atoms with E-state index in [0.29, 0.717) is 45.5 Å². The van der Waals surface area contributed by atoms with Crippen LogP contribution in [0.4, 0.5) is 11.6 Å². The van der Waals surface area contributed by atoms with Gasteiger partial charge in [-0.25, -0.2) is 13.4 Å². The van der Waals surface area contributed by atoms with Crippen molar-refractivity contribution in [1.82, 2.24) is 9.88 Å². The van der Waals surface area contributed by atoms with Crippen LogP contribution >= 0.6 is 23.2 Å². The van der Waals surface area contributed by atoms with Crippen LogP contribution in [0.1, 0.15) is 29.5 Å². The maximum Gasteiger partial charge on any atom is 0.263 e. The van der Waals surface area contributed by atoms with Gasteiger partial charge in [0.15, 0.2) is 11.6 Å². The fraction of sp³-hybridized carbons (Fsp3) is 0.393. The zero-order chi connectivity index (χ0) is 27.6. The molecule has 2 aromatic carbocycles. The molecule has 0 aliphatic carbocycles. The highest BCUT2D eigenvalue weighted by molar-refractivity contribution is 7.92. The molecule has 11 heteroatoms. The van der Waals surface area contributed by atoms with Crippen LogP contribution in [0.25, 0.3) is 0 Å². The number of anilines is 2. The van der Waals surface area contributed by atoms with E-state index in [-0.39, 0.29) is 17.3 Å². The summed E-state index contributed by atoms with van der Waals surface area (Å²) in [6.45, 7) is 5.33. The highest BCUT2D eigenvalue weighted by atomic mass is 35.5. The van der Waals surface area contributed by atoms with E-state index in [9.17, 15) is 8.42 Å². The third kappa shape index (κ3) is 6.54. The fourth-order valence-electron chi connectivity index (χ4n) is 4.78. The predicted octanol–water partition coefficient (Wildman–Crippen LogP) is 5.77. The number of sulfonamides is 1. The first-order chi connectivity index (χ1) is 18.7. The van der Waals surface area contributed by atoms with Crippen LogP contribution in [0.5, 0.6) is 11.5 Å². The third-order valence-electron chi connectivity index (χ3n) is 7.19. The molecule has 0 radical (unpaired) electrons. The van der Waals surface area contributed by atoms with Crippen molar-refractivity contribution in [3.63, 3.8) is 0 Å². The largest absolute Gasteiger partial charge is 0.492 e. The molecule has 0 saturated carbocycles. The number of nitrogens with zero attached hydrogens (tertiary/aromatic N) is 2. The van der Waals surface area contributed by atoms with Crippen LogP contribution in [0.15, 0.2) is 47.4 Å². The molecule has 39 heavy (non-hydrogen) atoms. The van der Waals surface area contributed by atoms with Crippen molar-refractivity contribution < 1.29 is 17.9 Å². The van der Waals surface area contributed by atoms with Crippen LogP contribution in [0, 0.1) is 12.8 Å². The van der Waals surface area contributed by atoms with E-state index >= 15 is 0 Å². The lowest BCUT2D eigenvalue weighted by Crippen LogP contribution is -2.32. The monoisotopic (exact) mass is 590 g/mol. The lowest BCUT2D eigenvalue weighted by atomic mass is 9.98. The molecule has 0 spiro atoms. The van der Waals surface area contributed by atoms with E-state index in [1.54, 1.807) is 25.1 Å². The summed E-state index contributed by atoms with van der Waals surface area (Å²) < 4.78 is 41.4. The maximum absolute atomic E-state index is 13.3. The summed E-state index contributed by atoms with van der Waals surface area (Å²) in [5.74, 6) is 2.20. The van der Waals surface area contributed by atoms with E-state index < -0.39 is 10.0 Å². The first-order valence-electron chi connectivity index (χ1n) is 13.0.